The van der Waals surface area contributed by atoms with Gasteiger partial charge in [0.15, 0.2) is 0 Å². The lowest BCUT2D eigenvalue weighted by Crippen LogP contribution is -2.30. The summed E-state index contributed by atoms with van der Waals surface area (Å²) in [5.41, 5.74) is 0. The quantitative estimate of drug-likeness (QED) is 0.723. The third-order valence-electron chi connectivity index (χ3n) is 3.93. The SMILES string of the molecule is CCCN1CCC(CNCC(CC)CC)C1.Cl. The molecule has 0 aromatic carbocycles. The summed E-state index contributed by atoms with van der Waals surface area (Å²) >= 11 is 0. The first-order valence-electron chi connectivity index (χ1n) is 7.23. The maximum atomic E-state index is 3.67. The van der Waals surface area contributed by atoms with E-state index in [0.29, 0.717) is 0 Å². The van der Waals surface area contributed by atoms with Gasteiger partial charge in [0.2, 0.25) is 0 Å². The zero-order chi connectivity index (χ0) is 11.8. The maximum absolute atomic E-state index is 3.67. The van der Waals surface area contributed by atoms with E-state index in [1.807, 2.05) is 0 Å². The molecule has 1 unspecified atom stereocenters. The van der Waals surface area contributed by atoms with Crippen LogP contribution >= 0.6 is 12.4 Å². The van der Waals surface area contributed by atoms with E-state index in [1.54, 1.807) is 0 Å². The highest BCUT2D eigenvalue weighted by molar-refractivity contribution is 5.85. The standard InChI is InChI=1S/C14H30N2.ClH/c1-4-8-16-9-7-14(12-16)11-15-10-13(5-2)6-3;/h13-15H,4-12H2,1-3H3;1H. The van der Waals surface area contributed by atoms with E-state index in [-0.39, 0.29) is 12.4 Å². The normalized spacial score (nSPS) is 20.8. The van der Waals surface area contributed by atoms with Crippen molar-refractivity contribution < 1.29 is 0 Å². The first-order valence-corrected chi connectivity index (χ1v) is 7.23. The highest BCUT2D eigenvalue weighted by atomic mass is 35.5. The largest absolute Gasteiger partial charge is 0.316 e. The third kappa shape index (κ3) is 6.64. The molecule has 1 aliphatic heterocycles. The molecule has 3 heteroatoms. The Morgan fingerprint density at radius 1 is 1.24 bits per heavy atom. The van der Waals surface area contributed by atoms with Gasteiger partial charge in [0.05, 0.1) is 0 Å². The minimum absolute atomic E-state index is 0. The second-order valence-corrected chi connectivity index (χ2v) is 5.30. The fraction of sp³-hybridized carbons (Fsp3) is 1.00. The summed E-state index contributed by atoms with van der Waals surface area (Å²) < 4.78 is 0. The van der Waals surface area contributed by atoms with Gasteiger partial charge < -0.3 is 10.2 Å². The van der Waals surface area contributed by atoms with E-state index in [9.17, 15) is 0 Å². The lowest BCUT2D eigenvalue weighted by atomic mass is 10.0. The van der Waals surface area contributed by atoms with Gasteiger partial charge >= 0.3 is 0 Å². The Hall–Kier alpha value is 0.210. The van der Waals surface area contributed by atoms with Crippen molar-refractivity contribution in [3.05, 3.63) is 0 Å². The average molecular weight is 263 g/mol. The molecule has 0 aliphatic carbocycles. The van der Waals surface area contributed by atoms with Crippen molar-refractivity contribution in [2.75, 3.05) is 32.7 Å². The Labute approximate surface area is 114 Å². The molecule has 1 aliphatic rings. The second-order valence-electron chi connectivity index (χ2n) is 5.30. The number of hydrogen-bond donors (Lipinski definition) is 1. The van der Waals surface area contributed by atoms with Crippen molar-refractivity contribution in [2.45, 2.75) is 46.5 Å². The molecule has 0 aromatic heterocycles. The number of halogens is 1. The Balaban J connectivity index is 0.00000256. The van der Waals surface area contributed by atoms with Crippen LogP contribution in [-0.2, 0) is 0 Å². The topological polar surface area (TPSA) is 15.3 Å². The minimum atomic E-state index is 0. The van der Waals surface area contributed by atoms with Crippen LogP contribution in [0.4, 0.5) is 0 Å². The highest BCUT2D eigenvalue weighted by Gasteiger charge is 2.21. The predicted octanol–water partition coefficient (Wildman–Crippen LogP) is 3.17. The Morgan fingerprint density at radius 3 is 2.53 bits per heavy atom. The molecule has 0 aromatic rings. The van der Waals surface area contributed by atoms with Crippen LogP contribution in [0.3, 0.4) is 0 Å². The van der Waals surface area contributed by atoms with Crippen molar-refractivity contribution in [1.82, 2.24) is 10.2 Å². The Bertz CT molecular complexity index is 172. The summed E-state index contributed by atoms with van der Waals surface area (Å²) in [6, 6.07) is 0. The van der Waals surface area contributed by atoms with Gasteiger partial charge in [-0.15, -0.1) is 12.4 Å². The summed E-state index contributed by atoms with van der Waals surface area (Å²) in [5.74, 6) is 1.79. The smallest absolute Gasteiger partial charge is 0.00223 e. The summed E-state index contributed by atoms with van der Waals surface area (Å²) in [5, 5.41) is 3.67. The zero-order valence-corrected chi connectivity index (χ0v) is 12.7. The van der Waals surface area contributed by atoms with E-state index in [2.05, 4.69) is 31.0 Å². The molecule has 1 rings (SSSR count). The van der Waals surface area contributed by atoms with Gasteiger partial charge in [-0.25, -0.2) is 0 Å². The Kier molecular flexibility index (Phi) is 10.3. The van der Waals surface area contributed by atoms with E-state index in [1.165, 1.54) is 58.4 Å². The number of likely N-dealkylation sites (tertiary alicyclic amines) is 1. The Morgan fingerprint density at radius 2 is 1.94 bits per heavy atom. The van der Waals surface area contributed by atoms with Crippen LogP contribution in [0.15, 0.2) is 0 Å². The lowest BCUT2D eigenvalue weighted by Gasteiger charge is -2.17. The monoisotopic (exact) mass is 262 g/mol. The van der Waals surface area contributed by atoms with Crippen LogP contribution in [-0.4, -0.2) is 37.6 Å². The first-order chi connectivity index (χ1) is 7.80. The molecule has 1 fully saturated rings. The third-order valence-corrected chi connectivity index (χ3v) is 3.93. The first kappa shape index (κ1) is 17.2. The van der Waals surface area contributed by atoms with Crippen molar-refractivity contribution in [1.29, 1.82) is 0 Å². The minimum Gasteiger partial charge on any atom is -0.316 e. The molecule has 0 radical (unpaired) electrons. The van der Waals surface area contributed by atoms with Gasteiger partial charge in [-0.2, -0.15) is 0 Å². The molecule has 1 heterocycles. The second kappa shape index (κ2) is 10.2. The molecule has 1 atom stereocenters. The fourth-order valence-electron chi connectivity index (χ4n) is 2.67. The number of nitrogens with zero attached hydrogens (tertiary/aromatic N) is 1. The summed E-state index contributed by atoms with van der Waals surface area (Å²) in [7, 11) is 0. The van der Waals surface area contributed by atoms with Crippen LogP contribution in [0, 0.1) is 11.8 Å². The van der Waals surface area contributed by atoms with E-state index < -0.39 is 0 Å². The lowest BCUT2D eigenvalue weighted by molar-refractivity contribution is 0.320. The fourth-order valence-corrected chi connectivity index (χ4v) is 2.67. The number of hydrogen-bond acceptors (Lipinski definition) is 2. The van der Waals surface area contributed by atoms with Gasteiger partial charge in [-0.3, -0.25) is 0 Å². The van der Waals surface area contributed by atoms with Crippen LogP contribution < -0.4 is 5.32 Å². The van der Waals surface area contributed by atoms with Crippen molar-refractivity contribution >= 4 is 12.4 Å². The highest BCUT2D eigenvalue weighted by Crippen LogP contribution is 2.15. The van der Waals surface area contributed by atoms with Crippen LogP contribution in [0.2, 0.25) is 0 Å². The molecule has 2 nitrogen and oxygen atoms in total. The number of nitrogens with one attached hydrogen (secondary N) is 1. The molecular formula is C14H31ClN2. The summed E-state index contributed by atoms with van der Waals surface area (Å²) in [4.78, 5) is 2.61. The van der Waals surface area contributed by atoms with Crippen LogP contribution in [0.5, 0.6) is 0 Å². The molecule has 0 amide bonds. The molecule has 0 saturated carbocycles. The molecule has 0 spiro atoms. The number of rotatable bonds is 8. The van der Waals surface area contributed by atoms with E-state index >= 15 is 0 Å². The van der Waals surface area contributed by atoms with Gasteiger partial charge in [0.25, 0.3) is 0 Å². The van der Waals surface area contributed by atoms with Crippen molar-refractivity contribution in [3.8, 4) is 0 Å². The van der Waals surface area contributed by atoms with Gasteiger partial charge in [-0.1, -0.05) is 33.6 Å². The average Bonchev–Trinajstić information content (AvgIpc) is 2.73. The van der Waals surface area contributed by atoms with Gasteiger partial charge in [0.1, 0.15) is 0 Å². The van der Waals surface area contributed by atoms with Crippen molar-refractivity contribution in [2.24, 2.45) is 11.8 Å². The summed E-state index contributed by atoms with van der Waals surface area (Å²) in [6.45, 7) is 13.3. The van der Waals surface area contributed by atoms with Gasteiger partial charge in [0, 0.05) is 6.54 Å². The molecule has 1 N–H and O–H groups in total. The van der Waals surface area contributed by atoms with Crippen LogP contribution in [0.1, 0.15) is 46.5 Å². The van der Waals surface area contributed by atoms with Crippen molar-refractivity contribution in [3.63, 3.8) is 0 Å². The van der Waals surface area contributed by atoms with E-state index in [4.69, 9.17) is 0 Å². The summed E-state index contributed by atoms with van der Waals surface area (Å²) in [6.07, 6.45) is 5.33. The van der Waals surface area contributed by atoms with Gasteiger partial charge in [-0.05, 0) is 50.9 Å². The zero-order valence-electron chi connectivity index (χ0n) is 11.9. The molecule has 0 bridgehead atoms. The molecule has 1 saturated heterocycles. The maximum Gasteiger partial charge on any atom is 0.00223 e. The van der Waals surface area contributed by atoms with Crippen LogP contribution in [0.25, 0.3) is 0 Å². The molecular weight excluding hydrogens is 232 g/mol. The molecule has 17 heavy (non-hydrogen) atoms. The van der Waals surface area contributed by atoms with E-state index in [0.717, 1.165) is 11.8 Å². The predicted molar refractivity (Wildman–Crippen MR) is 79.0 cm³/mol. The molecule has 104 valence electrons.